The second-order valence-electron chi connectivity index (χ2n) is 5.13. The van der Waals surface area contributed by atoms with Crippen molar-refractivity contribution < 1.29 is 14.3 Å². The quantitative estimate of drug-likeness (QED) is 0.532. The minimum absolute atomic E-state index is 0.0453. The van der Waals surface area contributed by atoms with Crippen molar-refractivity contribution in [2.24, 2.45) is 0 Å². The number of ether oxygens (including phenoxy) is 1. The van der Waals surface area contributed by atoms with Crippen LogP contribution in [0.5, 0.6) is 5.75 Å². The van der Waals surface area contributed by atoms with Gasteiger partial charge in [-0.1, -0.05) is 41.4 Å². The highest BCUT2D eigenvalue weighted by atomic mass is 35.5. The van der Waals surface area contributed by atoms with E-state index in [1.165, 1.54) is 6.07 Å². The number of nitrogens with one attached hydrogen (secondary N) is 3. The zero-order chi connectivity index (χ0) is 19.1. The number of hydrogen-bond acceptors (Lipinski definition) is 4. The molecule has 3 N–H and O–H groups in total. The molecule has 2 amide bonds. The Balaban J connectivity index is 1.77. The highest BCUT2D eigenvalue weighted by molar-refractivity contribution is 7.80. The molecule has 0 aromatic heterocycles. The molecule has 0 heterocycles. The Labute approximate surface area is 165 Å². The summed E-state index contributed by atoms with van der Waals surface area (Å²) in [5.41, 5.74) is 6.04. The summed E-state index contributed by atoms with van der Waals surface area (Å²) in [7, 11) is 0. The summed E-state index contributed by atoms with van der Waals surface area (Å²) >= 11 is 16.7. The van der Waals surface area contributed by atoms with E-state index in [0.29, 0.717) is 21.4 Å². The third-order valence-electron chi connectivity index (χ3n) is 3.18. The van der Waals surface area contributed by atoms with Crippen LogP contribution >= 0.6 is 35.4 Å². The summed E-state index contributed by atoms with van der Waals surface area (Å²) in [4.78, 5) is 23.9. The number of hydrazine groups is 1. The molecule has 6 nitrogen and oxygen atoms in total. The van der Waals surface area contributed by atoms with Gasteiger partial charge in [0, 0.05) is 10.6 Å². The van der Waals surface area contributed by atoms with Gasteiger partial charge >= 0.3 is 0 Å². The fourth-order valence-corrected chi connectivity index (χ4v) is 2.53. The molecular formula is C17H15Cl2N3O3S. The van der Waals surface area contributed by atoms with Crippen LogP contribution in [0.3, 0.4) is 0 Å². The van der Waals surface area contributed by atoms with Crippen molar-refractivity contribution in [2.75, 3.05) is 6.61 Å². The normalized spacial score (nSPS) is 9.96. The van der Waals surface area contributed by atoms with Gasteiger partial charge in [-0.25, -0.2) is 0 Å². The summed E-state index contributed by atoms with van der Waals surface area (Å²) in [6.45, 7) is 1.51. The Morgan fingerprint density at radius 2 is 1.85 bits per heavy atom. The maximum atomic E-state index is 12.1. The number of hydrogen-bond donors (Lipinski definition) is 3. The molecule has 0 aliphatic carbocycles. The molecule has 2 aromatic carbocycles. The van der Waals surface area contributed by atoms with Crippen molar-refractivity contribution in [3.05, 3.63) is 63.6 Å². The SMILES string of the molecule is Cc1ccccc1C(=O)NC(=S)NNC(=O)COc1ccc(Cl)cc1Cl. The molecule has 0 aliphatic heterocycles. The first-order valence-corrected chi connectivity index (χ1v) is 8.57. The van der Waals surface area contributed by atoms with Gasteiger partial charge in [0.2, 0.25) is 0 Å². The van der Waals surface area contributed by atoms with Gasteiger partial charge in [0.1, 0.15) is 5.75 Å². The highest BCUT2D eigenvalue weighted by Gasteiger charge is 2.11. The minimum Gasteiger partial charge on any atom is -0.482 e. The van der Waals surface area contributed by atoms with Gasteiger partial charge in [-0.15, -0.1) is 0 Å². The lowest BCUT2D eigenvalue weighted by molar-refractivity contribution is -0.123. The van der Waals surface area contributed by atoms with Crippen molar-refractivity contribution >= 4 is 52.3 Å². The Hall–Kier alpha value is -2.35. The van der Waals surface area contributed by atoms with Crippen molar-refractivity contribution in [3.63, 3.8) is 0 Å². The summed E-state index contributed by atoms with van der Waals surface area (Å²) in [6, 6.07) is 11.7. The van der Waals surface area contributed by atoms with Crippen molar-refractivity contribution in [2.45, 2.75) is 6.92 Å². The van der Waals surface area contributed by atoms with Crippen LogP contribution in [0, 0.1) is 6.92 Å². The summed E-state index contributed by atoms with van der Waals surface area (Å²) in [5.74, 6) is -0.566. The van der Waals surface area contributed by atoms with E-state index < -0.39 is 5.91 Å². The van der Waals surface area contributed by atoms with Gasteiger partial charge in [0.05, 0.1) is 5.02 Å². The van der Waals surface area contributed by atoms with Gasteiger partial charge in [-0.05, 0) is 49.0 Å². The predicted molar refractivity (Wildman–Crippen MR) is 104 cm³/mol. The maximum absolute atomic E-state index is 12.1. The van der Waals surface area contributed by atoms with Crippen LogP contribution in [0.2, 0.25) is 10.0 Å². The van der Waals surface area contributed by atoms with E-state index >= 15 is 0 Å². The molecular weight excluding hydrogens is 397 g/mol. The lowest BCUT2D eigenvalue weighted by atomic mass is 10.1. The average molecular weight is 412 g/mol. The topological polar surface area (TPSA) is 79.5 Å². The molecule has 136 valence electrons. The standard InChI is InChI=1S/C17H15Cl2N3O3S/c1-10-4-2-3-5-12(10)16(24)20-17(26)22-21-15(23)9-25-14-7-6-11(18)8-13(14)19/h2-8H,9H2,1H3,(H,21,23)(H2,20,22,24,26). The van der Waals surface area contributed by atoms with E-state index in [1.807, 2.05) is 19.1 Å². The molecule has 0 radical (unpaired) electrons. The fourth-order valence-electron chi connectivity index (χ4n) is 1.93. The highest BCUT2D eigenvalue weighted by Crippen LogP contribution is 2.27. The van der Waals surface area contributed by atoms with Crippen molar-refractivity contribution in [1.82, 2.24) is 16.2 Å². The van der Waals surface area contributed by atoms with Crippen LogP contribution in [0.15, 0.2) is 42.5 Å². The van der Waals surface area contributed by atoms with Crippen LogP contribution in [0.4, 0.5) is 0 Å². The molecule has 2 rings (SSSR count). The molecule has 0 bridgehead atoms. The van der Waals surface area contributed by atoms with Crippen LogP contribution in [0.1, 0.15) is 15.9 Å². The number of aryl methyl sites for hydroxylation is 1. The summed E-state index contributed by atoms with van der Waals surface area (Å²) in [5, 5.41) is 3.18. The second kappa shape index (κ2) is 9.38. The van der Waals surface area contributed by atoms with Crippen molar-refractivity contribution in [1.29, 1.82) is 0 Å². The molecule has 0 unspecified atom stereocenters. The van der Waals surface area contributed by atoms with Crippen LogP contribution in [-0.4, -0.2) is 23.5 Å². The van der Waals surface area contributed by atoms with Gasteiger partial charge in [-0.2, -0.15) is 0 Å². The Kier molecular flexibility index (Phi) is 7.20. The van der Waals surface area contributed by atoms with E-state index in [-0.39, 0.29) is 17.6 Å². The van der Waals surface area contributed by atoms with Crippen LogP contribution < -0.4 is 20.9 Å². The molecule has 0 spiro atoms. The molecule has 0 aliphatic rings. The van der Waals surface area contributed by atoms with Crippen LogP contribution in [-0.2, 0) is 4.79 Å². The molecule has 0 fully saturated rings. The first kappa shape index (κ1) is 20.0. The van der Waals surface area contributed by atoms with Gasteiger partial charge < -0.3 is 4.74 Å². The van der Waals surface area contributed by atoms with Gasteiger partial charge in [0.25, 0.3) is 11.8 Å². The lowest BCUT2D eigenvalue weighted by Crippen LogP contribution is -2.49. The zero-order valence-electron chi connectivity index (χ0n) is 13.6. The average Bonchev–Trinajstić information content (AvgIpc) is 2.59. The predicted octanol–water partition coefficient (Wildman–Crippen LogP) is 3.02. The van der Waals surface area contributed by atoms with Gasteiger partial charge in [-0.3, -0.25) is 25.8 Å². The van der Waals surface area contributed by atoms with E-state index in [0.717, 1.165) is 5.56 Å². The van der Waals surface area contributed by atoms with E-state index in [4.69, 9.17) is 40.2 Å². The zero-order valence-corrected chi connectivity index (χ0v) is 16.0. The summed E-state index contributed by atoms with van der Waals surface area (Å²) in [6.07, 6.45) is 0. The van der Waals surface area contributed by atoms with E-state index in [9.17, 15) is 9.59 Å². The minimum atomic E-state index is -0.511. The largest absolute Gasteiger partial charge is 0.482 e. The van der Waals surface area contributed by atoms with E-state index in [1.54, 1.807) is 24.3 Å². The molecule has 26 heavy (non-hydrogen) atoms. The molecule has 0 atom stereocenters. The Morgan fingerprint density at radius 3 is 2.54 bits per heavy atom. The fraction of sp³-hybridized carbons (Fsp3) is 0.118. The molecule has 0 saturated heterocycles. The number of amides is 2. The number of halogens is 2. The van der Waals surface area contributed by atoms with E-state index in [2.05, 4.69) is 16.2 Å². The number of carbonyl (C=O) groups excluding carboxylic acids is 2. The Morgan fingerprint density at radius 1 is 1.12 bits per heavy atom. The maximum Gasteiger partial charge on any atom is 0.276 e. The lowest BCUT2D eigenvalue weighted by Gasteiger charge is -2.12. The summed E-state index contributed by atoms with van der Waals surface area (Å²) < 4.78 is 5.28. The van der Waals surface area contributed by atoms with Gasteiger partial charge in [0.15, 0.2) is 11.7 Å². The number of carbonyl (C=O) groups is 2. The molecule has 2 aromatic rings. The number of thiocarbonyl (C=S) groups is 1. The smallest absolute Gasteiger partial charge is 0.276 e. The third kappa shape index (κ3) is 5.87. The molecule has 0 saturated carbocycles. The number of rotatable bonds is 4. The molecule has 9 heteroatoms. The van der Waals surface area contributed by atoms with Crippen LogP contribution in [0.25, 0.3) is 0 Å². The second-order valence-corrected chi connectivity index (χ2v) is 6.39. The Bertz CT molecular complexity index is 846. The van der Waals surface area contributed by atoms with Crippen molar-refractivity contribution in [3.8, 4) is 5.75 Å². The number of benzene rings is 2. The third-order valence-corrected chi connectivity index (χ3v) is 3.92. The monoisotopic (exact) mass is 411 g/mol. The first-order chi connectivity index (χ1) is 12.4. The first-order valence-electron chi connectivity index (χ1n) is 7.40.